The molecule has 1 aromatic rings. The van der Waals surface area contributed by atoms with Crippen LogP contribution < -0.4 is 4.90 Å². The highest BCUT2D eigenvalue weighted by atomic mass is 19.1. The van der Waals surface area contributed by atoms with Crippen LogP contribution in [0.15, 0.2) is 18.2 Å². The number of halogens is 1. The molecule has 3 heteroatoms. The van der Waals surface area contributed by atoms with Crippen LogP contribution in [0.4, 0.5) is 10.1 Å². The summed E-state index contributed by atoms with van der Waals surface area (Å²) in [5.74, 6) is -0.0373. The molecule has 2 rings (SSSR count). The SMILES string of the molecule is CC(=O)c1c(F)cccc1N1CCC(C)C1C. The van der Waals surface area contributed by atoms with E-state index in [1.807, 2.05) is 6.07 Å². The number of rotatable bonds is 2. The molecule has 0 saturated carbocycles. The first kappa shape index (κ1) is 12.1. The quantitative estimate of drug-likeness (QED) is 0.733. The molecule has 0 bridgehead atoms. The number of hydrogen-bond donors (Lipinski definition) is 0. The van der Waals surface area contributed by atoms with E-state index in [2.05, 4.69) is 18.7 Å². The molecule has 0 aromatic heterocycles. The van der Waals surface area contributed by atoms with Gasteiger partial charge in [-0.15, -0.1) is 0 Å². The van der Waals surface area contributed by atoms with Crippen molar-refractivity contribution in [2.75, 3.05) is 11.4 Å². The Morgan fingerprint density at radius 1 is 1.41 bits per heavy atom. The Balaban J connectivity index is 2.45. The number of ketones is 1. The summed E-state index contributed by atoms with van der Waals surface area (Å²) < 4.78 is 13.7. The molecule has 2 nitrogen and oxygen atoms in total. The number of hydrogen-bond acceptors (Lipinski definition) is 2. The predicted octanol–water partition coefficient (Wildman–Crippen LogP) is 3.26. The summed E-state index contributed by atoms with van der Waals surface area (Å²) in [6.45, 7) is 6.64. The van der Waals surface area contributed by atoms with Crippen molar-refractivity contribution in [3.8, 4) is 0 Å². The van der Waals surface area contributed by atoms with Gasteiger partial charge in [0.2, 0.25) is 0 Å². The number of carbonyl (C=O) groups is 1. The van der Waals surface area contributed by atoms with E-state index < -0.39 is 5.82 Å². The lowest BCUT2D eigenvalue weighted by Crippen LogP contribution is -2.30. The normalized spacial score (nSPS) is 24.1. The van der Waals surface area contributed by atoms with E-state index in [1.165, 1.54) is 13.0 Å². The maximum Gasteiger partial charge on any atom is 0.164 e. The van der Waals surface area contributed by atoms with Gasteiger partial charge in [-0.1, -0.05) is 13.0 Å². The maximum absolute atomic E-state index is 13.7. The first-order chi connectivity index (χ1) is 8.02. The lowest BCUT2D eigenvalue weighted by molar-refractivity contribution is 0.101. The van der Waals surface area contributed by atoms with E-state index in [-0.39, 0.29) is 11.3 Å². The first-order valence-electron chi connectivity index (χ1n) is 6.08. The van der Waals surface area contributed by atoms with Crippen LogP contribution in [0.3, 0.4) is 0 Å². The third kappa shape index (κ3) is 2.06. The molecule has 92 valence electrons. The predicted molar refractivity (Wildman–Crippen MR) is 67.0 cm³/mol. The molecule has 2 unspecified atom stereocenters. The van der Waals surface area contributed by atoms with E-state index in [4.69, 9.17) is 0 Å². The van der Waals surface area contributed by atoms with Gasteiger partial charge in [-0.25, -0.2) is 4.39 Å². The maximum atomic E-state index is 13.7. The van der Waals surface area contributed by atoms with E-state index in [9.17, 15) is 9.18 Å². The number of carbonyl (C=O) groups excluding carboxylic acids is 1. The van der Waals surface area contributed by atoms with E-state index >= 15 is 0 Å². The van der Waals surface area contributed by atoms with Gasteiger partial charge in [0.05, 0.1) is 11.3 Å². The Morgan fingerprint density at radius 3 is 2.65 bits per heavy atom. The van der Waals surface area contributed by atoms with Crippen LogP contribution in [0.25, 0.3) is 0 Å². The van der Waals surface area contributed by atoms with E-state index in [0.29, 0.717) is 12.0 Å². The fourth-order valence-electron chi connectivity index (χ4n) is 2.54. The van der Waals surface area contributed by atoms with Crippen LogP contribution in [0.1, 0.15) is 37.6 Å². The van der Waals surface area contributed by atoms with Crippen molar-refractivity contribution >= 4 is 11.5 Å². The molecule has 0 spiro atoms. The largest absolute Gasteiger partial charge is 0.368 e. The van der Waals surface area contributed by atoms with Crippen LogP contribution in [-0.2, 0) is 0 Å². The highest BCUT2D eigenvalue weighted by molar-refractivity contribution is 6.00. The molecule has 1 heterocycles. The lowest BCUT2D eigenvalue weighted by Gasteiger charge is -2.27. The average molecular weight is 235 g/mol. The summed E-state index contributed by atoms with van der Waals surface area (Å²) in [6.07, 6.45) is 1.09. The van der Waals surface area contributed by atoms with Crippen LogP contribution in [-0.4, -0.2) is 18.4 Å². The second kappa shape index (κ2) is 4.47. The molecule has 1 aromatic carbocycles. The van der Waals surface area contributed by atoms with Crippen molar-refractivity contribution in [1.82, 2.24) is 0 Å². The Morgan fingerprint density at radius 2 is 2.12 bits per heavy atom. The molecular formula is C14H18FNO. The minimum Gasteiger partial charge on any atom is -0.368 e. The zero-order valence-corrected chi connectivity index (χ0v) is 10.5. The van der Waals surface area contributed by atoms with Crippen molar-refractivity contribution < 1.29 is 9.18 Å². The first-order valence-corrected chi connectivity index (χ1v) is 6.08. The van der Waals surface area contributed by atoms with Crippen molar-refractivity contribution in [1.29, 1.82) is 0 Å². The number of nitrogens with zero attached hydrogens (tertiary/aromatic N) is 1. The summed E-state index contributed by atoms with van der Waals surface area (Å²) in [5.41, 5.74) is 0.975. The fourth-order valence-corrected chi connectivity index (χ4v) is 2.54. The highest BCUT2D eigenvalue weighted by Gasteiger charge is 2.30. The summed E-state index contributed by atoms with van der Waals surface area (Å²) >= 11 is 0. The molecule has 17 heavy (non-hydrogen) atoms. The van der Waals surface area contributed by atoms with Gasteiger partial charge in [0, 0.05) is 12.6 Å². The van der Waals surface area contributed by atoms with Crippen LogP contribution in [0.5, 0.6) is 0 Å². The molecule has 0 amide bonds. The fraction of sp³-hybridized carbons (Fsp3) is 0.500. The van der Waals surface area contributed by atoms with Gasteiger partial charge in [-0.2, -0.15) is 0 Å². The summed E-state index contributed by atoms with van der Waals surface area (Å²) in [5, 5.41) is 0. The molecule has 0 aliphatic carbocycles. The van der Waals surface area contributed by atoms with Crippen LogP contribution in [0.2, 0.25) is 0 Å². The number of anilines is 1. The van der Waals surface area contributed by atoms with Gasteiger partial charge in [0.1, 0.15) is 5.82 Å². The monoisotopic (exact) mass is 235 g/mol. The van der Waals surface area contributed by atoms with Crippen molar-refractivity contribution in [3.63, 3.8) is 0 Å². The Kier molecular flexibility index (Phi) is 3.18. The third-order valence-electron chi connectivity index (χ3n) is 3.79. The smallest absolute Gasteiger partial charge is 0.164 e. The Bertz CT molecular complexity index is 444. The average Bonchev–Trinajstić information content (AvgIpc) is 2.59. The molecule has 0 radical (unpaired) electrons. The third-order valence-corrected chi connectivity index (χ3v) is 3.79. The Hall–Kier alpha value is -1.38. The van der Waals surface area contributed by atoms with Crippen LogP contribution in [0, 0.1) is 11.7 Å². The van der Waals surface area contributed by atoms with Crippen LogP contribution >= 0.6 is 0 Å². The molecule has 1 saturated heterocycles. The van der Waals surface area contributed by atoms with Gasteiger partial charge in [-0.05, 0) is 38.3 Å². The van der Waals surface area contributed by atoms with Crippen molar-refractivity contribution in [2.45, 2.75) is 33.2 Å². The zero-order valence-electron chi connectivity index (χ0n) is 10.5. The lowest BCUT2D eigenvalue weighted by atomic mass is 10.0. The number of benzene rings is 1. The molecule has 1 fully saturated rings. The second-order valence-electron chi connectivity index (χ2n) is 4.89. The molecule has 1 aliphatic heterocycles. The number of Topliss-reactive ketones (excluding diaryl/α,β-unsaturated/α-hetero) is 1. The summed E-state index contributed by atoms with van der Waals surface area (Å²) in [7, 11) is 0. The van der Waals surface area contributed by atoms with Gasteiger partial charge < -0.3 is 4.90 Å². The molecule has 2 atom stereocenters. The second-order valence-corrected chi connectivity index (χ2v) is 4.89. The highest BCUT2D eigenvalue weighted by Crippen LogP contribution is 2.32. The Labute approximate surface area is 101 Å². The topological polar surface area (TPSA) is 20.3 Å². The van der Waals surface area contributed by atoms with Gasteiger partial charge in [-0.3, -0.25) is 4.79 Å². The summed E-state index contributed by atoms with van der Waals surface area (Å²) in [4.78, 5) is 13.7. The van der Waals surface area contributed by atoms with Gasteiger partial charge in [0.25, 0.3) is 0 Å². The van der Waals surface area contributed by atoms with Crippen molar-refractivity contribution in [2.24, 2.45) is 5.92 Å². The summed E-state index contributed by atoms with van der Waals surface area (Å²) in [6, 6.07) is 5.22. The van der Waals surface area contributed by atoms with Gasteiger partial charge in [0.15, 0.2) is 5.78 Å². The minimum absolute atomic E-state index is 0.204. The van der Waals surface area contributed by atoms with Crippen molar-refractivity contribution in [3.05, 3.63) is 29.6 Å². The zero-order chi connectivity index (χ0) is 12.6. The minimum atomic E-state index is -0.415. The van der Waals surface area contributed by atoms with E-state index in [1.54, 1.807) is 6.07 Å². The van der Waals surface area contributed by atoms with E-state index in [0.717, 1.165) is 18.7 Å². The molecular weight excluding hydrogens is 217 g/mol. The standard InChI is InChI=1S/C14H18FNO/c1-9-7-8-16(10(9)2)13-6-4-5-12(15)14(13)11(3)17/h4-6,9-10H,7-8H2,1-3H3. The molecule has 1 aliphatic rings. The molecule has 0 N–H and O–H groups in total. The van der Waals surface area contributed by atoms with Gasteiger partial charge >= 0.3 is 0 Å².